The van der Waals surface area contributed by atoms with E-state index in [0.29, 0.717) is 27.6 Å². The van der Waals surface area contributed by atoms with E-state index in [1.165, 1.54) is 12.8 Å². The highest BCUT2D eigenvalue weighted by Gasteiger charge is 2.30. The molecular formula is C14H22ClN3O2S2. The molecule has 0 spiro atoms. The fraction of sp³-hybridized carbons (Fsp3) is 0.714. The normalized spacial score (nSPS) is 25.4. The second-order valence-electron chi connectivity index (χ2n) is 5.98. The Morgan fingerprint density at radius 1 is 1.27 bits per heavy atom. The van der Waals surface area contributed by atoms with Gasteiger partial charge in [-0.05, 0) is 44.0 Å². The number of halogens is 1. The van der Waals surface area contributed by atoms with Crippen LogP contribution < -0.4 is 5.32 Å². The van der Waals surface area contributed by atoms with E-state index in [1.54, 1.807) is 16.4 Å². The van der Waals surface area contributed by atoms with E-state index >= 15 is 0 Å². The topological polar surface area (TPSA) is 52.7 Å². The standard InChI is InChI=1S/C14H22ClN3O2S2/c15-13-3-4-14(21-13)22(19,20)18-8-6-17(7-9-18)11-12-2-1-5-16-10-12/h3-4,12,16H,1-2,5-11H2. The Balaban J connectivity index is 1.55. The van der Waals surface area contributed by atoms with Crippen molar-refractivity contribution in [3.05, 3.63) is 16.5 Å². The minimum Gasteiger partial charge on any atom is -0.316 e. The monoisotopic (exact) mass is 363 g/mol. The zero-order valence-electron chi connectivity index (χ0n) is 12.5. The van der Waals surface area contributed by atoms with Crippen molar-refractivity contribution in [2.45, 2.75) is 17.1 Å². The largest absolute Gasteiger partial charge is 0.316 e. The lowest BCUT2D eigenvalue weighted by molar-refractivity contribution is 0.154. The van der Waals surface area contributed by atoms with Gasteiger partial charge < -0.3 is 10.2 Å². The summed E-state index contributed by atoms with van der Waals surface area (Å²) in [7, 11) is -3.37. The molecule has 3 heterocycles. The summed E-state index contributed by atoms with van der Waals surface area (Å²) < 4.78 is 27.5. The van der Waals surface area contributed by atoms with Crippen LogP contribution in [0.3, 0.4) is 0 Å². The Hall–Kier alpha value is -0.180. The van der Waals surface area contributed by atoms with Crippen LogP contribution in [0.1, 0.15) is 12.8 Å². The Morgan fingerprint density at radius 2 is 2.05 bits per heavy atom. The van der Waals surface area contributed by atoms with E-state index in [2.05, 4.69) is 10.2 Å². The van der Waals surface area contributed by atoms with Crippen LogP contribution in [0.5, 0.6) is 0 Å². The quantitative estimate of drug-likeness (QED) is 0.884. The van der Waals surface area contributed by atoms with Gasteiger partial charge in [0.15, 0.2) is 0 Å². The average molecular weight is 364 g/mol. The number of sulfonamides is 1. The Morgan fingerprint density at radius 3 is 2.64 bits per heavy atom. The highest BCUT2D eigenvalue weighted by Crippen LogP contribution is 2.28. The lowest BCUT2D eigenvalue weighted by atomic mass is 9.99. The van der Waals surface area contributed by atoms with Crippen molar-refractivity contribution in [3.8, 4) is 0 Å². The predicted molar refractivity (Wildman–Crippen MR) is 90.1 cm³/mol. The van der Waals surface area contributed by atoms with Crippen LogP contribution in [0.4, 0.5) is 0 Å². The van der Waals surface area contributed by atoms with Gasteiger partial charge in [0.05, 0.1) is 4.34 Å². The number of hydrogen-bond donors (Lipinski definition) is 1. The Labute approximate surface area is 141 Å². The summed E-state index contributed by atoms with van der Waals surface area (Å²) in [5.74, 6) is 0.702. The van der Waals surface area contributed by atoms with E-state index in [1.807, 2.05) is 0 Å². The molecule has 0 amide bonds. The van der Waals surface area contributed by atoms with Crippen molar-refractivity contribution in [1.82, 2.24) is 14.5 Å². The van der Waals surface area contributed by atoms with Gasteiger partial charge in [0.2, 0.25) is 0 Å². The first-order chi connectivity index (χ1) is 10.6. The number of nitrogens with one attached hydrogen (secondary N) is 1. The molecule has 1 aromatic heterocycles. The van der Waals surface area contributed by atoms with Gasteiger partial charge in [-0.25, -0.2) is 8.42 Å². The lowest BCUT2D eigenvalue weighted by Gasteiger charge is -2.36. The third kappa shape index (κ3) is 3.83. The summed E-state index contributed by atoms with van der Waals surface area (Å²) in [6.45, 7) is 6.06. The second kappa shape index (κ2) is 7.15. The minimum atomic E-state index is -3.37. The van der Waals surface area contributed by atoms with Crippen LogP contribution in [0.2, 0.25) is 4.34 Å². The molecule has 1 unspecified atom stereocenters. The van der Waals surface area contributed by atoms with Crippen molar-refractivity contribution in [3.63, 3.8) is 0 Å². The van der Waals surface area contributed by atoms with E-state index in [0.717, 1.165) is 44.1 Å². The molecule has 22 heavy (non-hydrogen) atoms. The SMILES string of the molecule is O=S(=O)(c1ccc(Cl)s1)N1CCN(CC2CCCNC2)CC1. The van der Waals surface area contributed by atoms with E-state index in [4.69, 9.17) is 11.6 Å². The molecular weight excluding hydrogens is 342 g/mol. The minimum absolute atomic E-state index is 0.349. The van der Waals surface area contributed by atoms with Gasteiger partial charge >= 0.3 is 0 Å². The maximum atomic E-state index is 12.5. The van der Waals surface area contributed by atoms with Gasteiger partial charge in [0, 0.05) is 32.7 Å². The smallest absolute Gasteiger partial charge is 0.252 e. The molecule has 124 valence electrons. The molecule has 2 aliphatic heterocycles. The van der Waals surface area contributed by atoms with Gasteiger partial charge in [0.1, 0.15) is 4.21 Å². The van der Waals surface area contributed by atoms with Crippen LogP contribution in [0, 0.1) is 5.92 Å². The number of hydrogen-bond acceptors (Lipinski definition) is 5. The molecule has 1 aromatic rings. The molecule has 0 radical (unpaired) electrons. The molecule has 8 heteroatoms. The number of nitrogens with zero attached hydrogens (tertiary/aromatic N) is 2. The average Bonchev–Trinajstić information content (AvgIpc) is 2.96. The molecule has 2 fully saturated rings. The van der Waals surface area contributed by atoms with Gasteiger partial charge in [0.25, 0.3) is 10.0 Å². The van der Waals surface area contributed by atoms with Gasteiger partial charge in [-0.2, -0.15) is 4.31 Å². The lowest BCUT2D eigenvalue weighted by Crippen LogP contribution is -2.50. The zero-order valence-corrected chi connectivity index (χ0v) is 14.9. The first kappa shape index (κ1) is 16.7. The molecule has 3 rings (SSSR count). The maximum Gasteiger partial charge on any atom is 0.252 e. The molecule has 5 nitrogen and oxygen atoms in total. The molecule has 0 aliphatic carbocycles. The van der Waals surface area contributed by atoms with Crippen molar-refractivity contribution < 1.29 is 8.42 Å². The summed E-state index contributed by atoms with van der Waals surface area (Å²) in [5, 5.41) is 3.44. The molecule has 0 aromatic carbocycles. The highest BCUT2D eigenvalue weighted by atomic mass is 35.5. The molecule has 2 saturated heterocycles. The molecule has 0 bridgehead atoms. The molecule has 1 atom stereocenters. The summed E-state index contributed by atoms with van der Waals surface area (Å²) in [6.07, 6.45) is 2.53. The van der Waals surface area contributed by atoms with Crippen molar-refractivity contribution in [1.29, 1.82) is 0 Å². The van der Waals surface area contributed by atoms with Crippen LogP contribution in [-0.2, 0) is 10.0 Å². The summed E-state index contributed by atoms with van der Waals surface area (Å²) in [4.78, 5) is 2.39. The molecule has 2 aliphatic rings. The van der Waals surface area contributed by atoms with E-state index in [9.17, 15) is 8.42 Å². The van der Waals surface area contributed by atoms with E-state index < -0.39 is 10.0 Å². The van der Waals surface area contributed by atoms with Gasteiger partial charge in [-0.1, -0.05) is 11.6 Å². The summed E-state index contributed by atoms with van der Waals surface area (Å²) in [6, 6.07) is 3.24. The number of thiophene rings is 1. The zero-order chi connectivity index (χ0) is 15.6. The molecule has 1 N–H and O–H groups in total. The fourth-order valence-corrected chi connectivity index (χ4v) is 6.22. The van der Waals surface area contributed by atoms with Gasteiger partial charge in [-0.3, -0.25) is 0 Å². The van der Waals surface area contributed by atoms with Crippen LogP contribution >= 0.6 is 22.9 Å². The highest BCUT2D eigenvalue weighted by molar-refractivity contribution is 7.91. The second-order valence-corrected chi connectivity index (χ2v) is 9.86. The first-order valence-corrected chi connectivity index (χ1v) is 10.4. The Kier molecular flexibility index (Phi) is 5.42. The predicted octanol–water partition coefficient (Wildman–Crippen LogP) is 1.71. The van der Waals surface area contributed by atoms with Crippen LogP contribution in [0.15, 0.2) is 16.3 Å². The van der Waals surface area contributed by atoms with Crippen molar-refractivity contribution in [2.75, 3.05) is 45.8 Å². The maximum absolute atomic E-state index is 12.5. The van der Waals surface area contributed by atoms with Crippen LogP contribution in [0.25, 0.3) is 0 Å². The number of rotatable bonds is 4. The van der Waals surface area contributed by atoms with Crippen molar-refractivity contribution in [2.24, 2.45) is 5.92 Å². The van der Waals surface area contributed by atoms with E-state index in [-0.39, 0.29) is 0 Å². The number of piperazine rings is 1. The first-order valence-electron chi connectivity index (χ1n) is 7.74. The third-order valence-corrected chi connectivity index (χ3v) is 7.99. The number of piperidine rings is 1. The van der Waals surface area contributed by atoms with Crippen molar-refractivity contribution >= 4 is 33.0 Å². The molecule has 0 saturated carbocycles. The fourth-order valence-electron chi connectivity index (χ4n) is 3.16. The third-order valence-electron chi connectivity index (χ3n) is 4.39. The Bertz CT molecular complexity index is 591. The van der Waals surface area contributed by atoms with Gasteiger partial charge in [-0.15, -0.1) is 11.3 Å². The van der Waals surface area contributed by atoms with Crippen LogP contribution in [-0.4, -0.2) is 63.4 Å². The summed E-state index contributed by atoms with van der Waals surface area (Å²) in [5.41, 5.74) is 0. The summed E-state index contributed by atoms with van der Waals surface area (Å²) >= 11 is 6.99.